The van der Waals surface area contributed by atoms with Crippen LogP contribution in [0.4, 0.5) is 14.5 Å². The zero-order valence-electron chi connectivity index (χ0n) is 16.9. The number of carbonyl (C=O) groups excluding carboxylic acids is 1. The topological polar surface area (TPSA) is 72.3 Å². The predicted octanol–water partition coefficient (Wildman–Crippen LogP) is 2.63. The molecule has 30 heavy (non-hydrogen) atoms. The number of amides is 1. The number of piperidine rings is 1. The maximum absolute atomic E-state index is 13.8. The van der Waals surface area contributed by atoms with E-state index in [0.29, 0.717) is 11.1 Å². The zero-order valence-corrected chi connectivity index (χ0v) is 16.9. The van der Waals surface area contributed by atoms with Gasteiger partial charge >= 0.3 is 0 Å². The first-order valence-electron chi connectivity index (χ1n) is 10.3. The van der Waals surface area contributed by atoms with E-state index < -0.39 is 18.3 Å². The molecule has 0 aliphatic carbocycles. The molecule has 2 saturated heterocycles. The van der Waals surface area contributed by atoms with Gasteiger partial charge in [-0.2, -0.15) is 5.26 Å². The van der Waals surface area contributed by atoms with Gasteiger partial charge in [0.25, 0.3) is 0 Å². The normalized spacial score (nSPS) is 23.1. The molecule has 0 radical (unpaired) electrons. The number of hydrogen-bond acceptors (Lipinski definition) is 5. The molecule has 2 aromatic rings. The van der Waals surface area contributed by atoms with E-state index in [1.54, 1.807) is 24.4 Å². The second-order valence-corrected chi connectivity index (χ2v) is 8.24. The minimum absolute atomic E-state index is 0.0426. The van der Waals surface area contributed by atoms with Crippen LogP contribution in [-0.4, -0.2) is 61.5 Å². The number of benzene rings is 1. The van der Waals surface area contributed by atoms with Gasteiger partial charge in [0, 0.05) is 36.4 Å². The molecule has 1 amide bonds. The first-order chi connectivity index (χ1) is 14.5. The number of anilines is 1. The number of fused-ring (bicyclic) bond motifs is 1. The average Bonchev–Trinajstić information content (AvgIpc) is 3.20. The molecule has 1 N–H and O–H groups in total. The van der Waals surface area contributed by atoms with Crippen molar-refractivity contribution in [2.45, 2.75) is 25.3 Å². The van der Waals surface area contributed by atoms with Crippen LogP contribution in [0.2, 0.25) is 0 Å². The summed E-state index contributed by atoms with van der Waals surface area (Å²) in [4.78, 5) is 21.2. The van der Waals surface area contributed by atoms with Gasteiger partial charge in [-0.05, 0) is 57.2 Å². The van der Waals surface area contributed by atoms with E-state index in [0.717, 1.165) is 37.0 Å². The van der Waals surface area contributed by atoms with Crippen LogP contribution in [0.5, 0.6) is 0 Å². The Hall–Kier alpha value is -2.79. The molecule has 3 heterocycles. The van der Waals surface area contributed by atoms with E-state index in [2.05, 4.69) is 21.3 Å². The number of rotatable bonds is 4. The van der Waals surface area contributed by atoms with Crippen LogP contribution in [0, 0.1) is 23.2 Å². The van der Waals surface area contributed by atoms with Crippen molar-refractivity contribution in [2.24, 2.45) is 11.8 Å². The number of nitrogens with zero attached hydrogens (tertiary/aromatic N) is 4. The summed E-state index contributed by atoms with van der Waals surface area (Å²) in [6, 6.07) is 9.19. The highest BCUT2D eigenvalue weighted by Gasteiger charge is 2.43. The third kappa shape index (κ3) is 3.94. The van der Waals surface area contributed by atoms with Crippen LogP contribution < -0.4 is 10.2 Å². The lowest BCUT2D eigenvalue weighted by Gasteiger charge is -2.30. The number of alkyl halides is 2. The van der Waals surface area contributed by atoms with E-state index in [9.17, 15) is 18.8 Å². The van der Waals surface area contributed by atoms with E-state index in [4.69, 9.17) is 0 Å². The molecule has 8 heteroatoms. The monoisotopic (exact) mass is 413 g/mol. The molecular weight excluding hydrogens is 388 g/mol. The summed E-state index contributed by atoms with van der Waals surface area (Å²) < 4.78 is 27.7. The van der Waals surface area contributed by atoms with Crippen LogP contribution in [0.15, 0.2) is 30.5 Å². The Balaban J connectivity index is 1.57. The minimum atomic E-state index is -2.58. The van der Waals surface area contributed by atoms with E-state index in [1.165, 1.54) is 0 Å². The van der Waals surface area contributed by atoms with Gasteiger partial charge in [-0.15, -0.1) is 0 Å². The standard InChI is InChI=1S/C22H25F2N5O/c1-28-9-6-15(7-10-28)27-22(30)18-13-29(12-17(18)21(23)24)19-5-4-14(11-25)20-16(19)3-2-8-26-20/h2-5,8,15,17-18,21H,6-7,9-10,12-13H2,1H3,(H,27,30). The molecule has 6 nitrogen and oxygen atoms in total. The Morgan fingerprint density at radius 3 is 2.73 bits per heavy atom. The molecule has 2 unspecified atom stereocenters. The molecule has 2 aliphatic rings. The summed E-state index contributed by atoms with van der Waals surface area (Å²) in [5, 5.41) is 13.1. The van der Waals surface area contributed by atoms with Crippen LogP contribution in [0.3, 0.4) is 0 Å². The molecule has 0 bridgehead atoms. The Bertz CT molecular complexity index is 968. The van der Waals surface area contributed by atoms with Crippen LogP contribution in [-0.2, 0) is 4.79 Å². The number of aromatic nitrogens is 1. The smallest absolute Gasteiger partial charge is 0.243 e. The maximum Gasteiger partial charge on any atom is 0.243 e. The number of pyridine rings is 1. The lowest BCUT2D eigenvalue weighted by atomic mass is 9.94. The third-order valence-electron chi connectivity index (χ3n) is 6.30. The van der Waals surface area contributed by atoms with Gasteiger partial charge in [0.1, 0.15) is 6.07 Å². The van der Waals surface area contributed by atoms with Gasteiger partial charge in [-0.1, -0.05) is 0 Å². The number of nitriles is 1. The zero-order chi connectivity index (χ0) is 21.3. The summed E-state index contributed by atoms with van der Waals surface area (Å²) in [5.74, 6) is -2.08. The Morgan fingerprint density at radius 2 is 2.03 bits per heavy atom. The van der Waals surface area contributed by atoms with Gasteiger partial charge in [0.05, 0.1) is 22.9 Å². The van der Waals surface area contributed by atoms with Crippen molar-refractivity contribution >= 4 is 22.5 Å². The molecule has 158 valence electrons. The highest BCUT2D eigenvalue weighted by atomic mass is 19.3. The molecule has 0 spiro atoms. The Kier molecular flexibility index (Phi) is 5.82. The molecular formula is C22H25F2N5O. The van der Waals surface area contributed by atoms with Crippen molar-refractivity contribution in [1.82, 2.24) is 15.2 Å². The number of carbonyl (C=O) groups is 1. The van der Waals surface area contributed by atoms with Crippen molar-refractivity contribution in [3.05, 3.63) is 36.0 Å². The summed E-state index contributed by atoms with van der Waals surface area (Å²) in [6.45, 7) is 2.11. The predicted molar refractivity (Wildman–Crippen MR) is 110 cm³/mol. The lowest BCUT2D eigenvalue weighted by molar-refractivity contribution is -0.128. The number of nitrogens with one attached hydrogen (secondary N) is 1. The average molecular weight is 413 g/mol. The van der Waals surface area contributed by atoms with Crippen molar-refractivity contribution in [1.29, 1.82) is 5.26 Å². The second-order valence-electron chi connectivity index (χ2n) is 8.24. The van der Waals surface area contributed by atoms with Crippen molar-refractivity contribution in [2.75, 3.05) is 38.1 Å². The number of hydrogen-bond donors (Lipinski definition) is 1. The Morgan fingerprint density at radius 1 is 1.27 bits per heavy atom. The van der Waals surface area contributed by atoms with Crippen LogP contribution in [0.1, 0.15) is 18.4 Å². The second kappa shape index (κ2) is 8.52. The summed E-state index contributed by atoms with van der Waals surface area (Å²) >= 11 is 0. The minimum Gasteiger partial charge on any atom is -0.370 e. The fourth-order valence-corrected chi connectivity index (χ4v) is 4.54. The van der Waals surface area contributed by atoms with E-state index >= 15 is 0 Å². The molecule has 2 aliphatic heterocycles. The van der Waals surface area contributed by atoms with Crippen molar-refractivity contribution < 1.29 is 13.6 Å². The van der Waals surface area contributed by atoms with E-state index in [1.807, 2.05) is 18.0 Å². The highest BCUT2D eigenvalue weighted by Crippen LogP contribution is 2.36. The molecule has 2 fully saturated rings. The molecule has 1 aromatic heterocycles. The molecule has 2 atom stereocenters. The van der Waals surface area contributed by atoms with Crippen LogP contribution in [0.25, 0.3) is 10.9 Å². The molecule has 4 rings (SSSR count). The number of halogens is 2. The van der Waals surface area contributed by atoms with Gasteiger partial charge in [-0.3, -0.25) is 9.78 Å². The maximum atomic E-state index is 13.8. The van der Waals surface area contributed by atoms with E-state index in [-0.39, 0.29) is 25.0 Å². The molecule has 1 aromatic carbocycles. The first kappa shape index (κ1) is 20.5. The van der Waals surface area contributed by atoms with Gasteiger partial charge < -0.3 is 15.1 Å². The summed E-state index contributed by atoms with van der Waals surface area (Å²) in [7, 11) is 2.04. The largest absolute Gasteiger partial charge is 0.370 e. The van der Waals surface area contributed by atoms with Crippen molar-refractivity contribution in [3.8, 4) is 6.07 Å². The third-order valence-corrected chi connectivity index (χ3v) is 6.30. The van der Waals surface area contributed by atoms with Crippen molar-refractivity contribution in [3.63, 3.8) is 0 Å². The van der Waals surface area contributed by atoms with Gasteiger partial charge in [0.2, 0.25) is 12.3 Å². The first-order valence-corrected chi connectivity index (χ1v) is 10.3. The fraction of sp³-hybridized carbons (Fsp3) is 0.500. The van der Waals surface area contributed by atoms with Gasteiger partial charge in [0.15, 0.2) is 0 Å². The fourth-order valence-electron chi connectivity index (χ4n) is 4.54. The number of likely N-dealkylation sites (tertiary alicyclic amines) is 1. The highest BCUT2D eigenvalue weighted by molar-refractivity contribution is 5.95. The van der Waals surface area contributed by atoms with Gasteiger partial charge in [-0.25, -0.2) is 8.78 Å². The van der Waals surface area contributed by atoms with Crippen LogP contribution >= 0.6 is 0 Å². The molecule has 0 saturated carbocycles. The Labute approximate surface area is 174 Å². The summed E-state index contributed by atoms with van der Waals surface area (Å²) in [6.07, 6.45) is 0.705. The summed E-state index contributed by atoms with van der Waals surface area (Å²) in [5.41, 5.74) is 1.72. The lowest BCUT2D eigenvalue weighted by Crippen LogP contribution is -2.47. The SMILES string of the molecule is CN1CCC(NC(=O)C2CN(c3ccc(C#N)c4ncccc34)CC2C(F)F)CC1. The quantitative estimate of drug-likeness (QED) is 0.834.